The molecule has 1 fully saturated rings. The van der Waals surface area contributed by atoms with E-state index in [9.17, 15) is 13.2 Å². The molecule has 1 saturated heterocycles. The van der Waals surface area contributed by atoms with Crippen molar-refractivity contribution in [3.05, 3.63) is 72.1 Å². The summed E-state index contributed by atoms with van der Waals surface area (Å²) in [6.07, 6.45) is 3.62. The van der Waals surface area contributed by atoms with Crippen LogP contribution in [0.2, 0.25) is 0 Å². The van der Waals surface area contributed by atoms with Crippen LogP contribution in [-0.2, 0) is 14.8 Å². The maximum absolute atomic E-state index is 12.8. The highest BCUT2D eigenvalue weighted by Gasteiger charge is 2.30. The second kappa shape index (κ2) is 9.48. The Hall–Kier alpha value is -2.62. The Morgan fingerprint density at radius 2 is 1.72 bits per heavy atom. The molecule has 0 saturated carbocycles. The Morgan fingerprint density at radius 3 is 2.41 bits per heavy atom. The Bertz CT molecular complexity index is 1200. The molecule has 0 aliphatic carbocycles. The lowest BCUT2D eigenvalue weighted by Crippen LogP contribution is -2.50. The number of nitrogens with zero attached hydrogens (tertiary/aromatic N) is 4. The fraction of sp³-hybridized carbons (Fsp3) is 0.304. The van der Waals surface area contributed by atoms with Crippen LogP contribution in [0.15, 0.2) is 71.0 Å². The van der Waals surface area contributed by atoms with Crippen molar-refractivity contribution in [2.75, 3.05) is 31.9 Å². The molecule has 1 amide bonds. The van der Waals surface area contributed by atoms with Crippen LogP contribution in [0, 0.1) is 13.8 Å². The van der Waals surface area contributed by atoms with Crippen molar-refractivity contribution in [3.63, 3.8) is 0 Å². The predicted octanol–water partition coefficient (Wildman–Crippen LogP) is 3.11. The zero-order valence-corrected chi connectivity index (χ0v) is 19.8. The van der Waals surface area contributed by atoms with E-state index in [2.05, 4.69) is 31.0 Å². The minimum absolute atomic E-state index is 0.0126. The first kappa shape index (κ1) is 22.6. The van der Waals surface area contributed by atoms with E-state index in [0.717, 1.165) is 10.8 Å². The summed E-state index contributed by atoms with van der Waals surface area (Å²) in [5.74, 6) is 0.245. The average molecular weight is 471 g/mol. The molecule has 0 radical (unpaired) electrons. The van der Waals surface area contributed by atoms with Gasteiger partial charge in [0, 0.05) is 44.3 Å². The first-order valence-electron chi connectivity index (χ1n) is 10.4. The Labute approximate surface area is 193 Å². The third-order valence-corrected chi connectivity index (χ3v) is 8.54. The van der Waals surface area contributed by atoms with Crippen LogP contribution in [0.4, 0.5) is 0 Å². The first-order chi connectivity index (χ1) is 15.4. The number of carbonyl (C=O) groups is 1. The smallest absolute Gasteiger partial charge is 0.243 e. The van der Waals surface area contributed by atoms with Crippen LogP contribution < -0.4 is 0 Å². The molecule has 3 aromatic rings. The number of hydrogen-bond donors (Lipinski definition) is 0. The largest absolute Gasteiger partial charge is 0.339 e. The van der Waals surface area contributed by atoms with Crippen molar-refractivity contribution in [1.29, 1.82) is 0 Å². The van der Waals surface area contributed by atoms with Crippen LogP contribution >= 0.6 is 11.8 Å². The van der Waals surface area contributed by atoms with Gasteiger partial charge in [-0.25, -0.2) is 13.4 Å². The number of sulfonamides is 1. The molecule has 1 aromatic heterocycles. The van der Waals surface area contributed by atoms with Gasteiger partial charge >= 0.3 is 0 Å². The predicted molar refractivity (Wildman–Crippen MR) is 126 cm³/mol. The van der Waals surface area contributed by atoms with Crippen LogP contribution in [0.25, 0.3) is 5.69 Å². The number of imidazole rings is 1. The second-order valence-corrected chi connectivity index (χ2v) is 10.6. The van der Waals surface area contributed by atoms with Crippen LogP contribution in [-0.4, -0.2) is 65.0 Å². The number of benzene rings is 2. The van der Waals surface area contributed by atoms with E-state index in [-0.39, 0.29) is 16.6 Å². The van der Waals surface area contributed by atoms with Gasteiger partial charge in [-0.15, -0.1) is 0 Å². The number of thioether (sulfide) groups is 1. The highest BCUT2D eigenvalue weighted by atomic mass is 32.2. The molecule has 2 aromatic carbocycles. The minimum atomic E-state index is -3.53. The Morgan fingerprint density at radius 1 is 1.00 bits per heavy atom. The van der Waals surface area contributed by atoms with Gasteiger partial charge in [0.1, 0.15) is 0 Å². The molecule has 1 aliphatic heterocycles. The van der Waals surface area contributed by atoms with E-state index >= 15 is 0 Å². The summed E-state index contributed by atoms with van der Waals surface area (Å²) in [6.45, 7) is 5.51. The maximum Gasteiger partial charge on any atom is 0.243 e. The third kappa shape index (κ3) is 4.74. The molecule has 0 spiro atoms. The summed E-state index contributed by atoms with van der Waals surface area (Å²) in [5, 5.41) is 0.756. The maximum atomic E-state index is 12.8. The molecule has 0 bridgehead atoms. The highest BCUT2D eigenvalue weighted by molar-refractivity contribution is 7.99. The molecule has 0 atom stereocenters. The van der Waals surface area contributed by atoms with Crippen LogP contribution in [0.3, 0.4) is 0 Å². The van der Waals surface area contributed by atoms with Crippen molar-refractivity contribution in [2.45, 2.75) is 23.9 Å². The molecule has 1 aliphatic rings. The molecular weight excluding hydrogens is 444 g/mol. The second-order valence-electron chi connectivity index (χ2n) is 7.73. The summed E-state index contributed by atoms with van der Waals surface area (Å²) >= 11 is 1.39. The number of aromatic nitrogens is 2. The standard InChI is InChI=1S/C23H26N4O3S2/c1-18-8-9-20(16-19(18)2)27-11-10-24-23(27)31-17-22(28)25-12-14-26(15-13-25)32(29,30)21-6-4-3-5-7-21/h3-11,16H,12-15,17H2,1-2H3. The SMILES string of the molecule is Cc1ccc(-n2ccnc2SCC(=O)N2CCN(S(=O)(=O)c3ccccc3)CC2)cc1C. The number of aryl methyl sites for hydroxylation is 2. The number of carbonyl (C=O) groups excluding carboxylic acids is 1. The summed E-state index contributed by atoms with van der Waals surface area (Å²) < 4.78 is 29.0. The molecular formula is C23H26N4O3S2. The molecule has 32 heavy (non-hydrogen) atoms. The minimum Gasteiger partial charge on any atom is -0.339 e. The third-order valence-electron chi connectivity index (χ3n) is 5.67. The van der Waals surface area contributed by atoms with E-state index < -0.39 is 10.0 Å². The van der Waals surface area contributed by atoms with Crippen LogP contribution in [0.1, 0.15) is 11.1 Å². The van der Waals surface area contributed by atoms with Gasteiger partial charge in [-0.05, 0) is 49.2 Å². The Balaban J connectivity index is 1.35. The van der Waals surface area contributed by atoms with Gasteiger partial charge in [-0.2, -0.15) is 4.31 Å². The molecule has 2 heterocycles. The van der Waals surface area contributed by atoms with Crippen molar-refractivity contribution < 1.29 is 13.2 Å². The van der Waals surface area contributed by atoms with E-state index in [1.165, 1.54) is 27.2 Å². The number of hydrogen-bond acceptors (Lipinski definition) is 5. The lowest BCUT2D eigenvalue weighted by molar-refractivity contribution is -0.129. The summed E-state index contributed by atoms with van der Waals surface area (Å²) in [5.41, 5.74) is 3.44. The van der Waals surface area contributed by atoms with E-state index in [4.69, 9.17) is 0 Å². The molecule has 168 valence electrons. The molecule has 7 nitrogen and oxygen atoms in total. The average Bonchev–Trinajstić information content (AvgIpc) is 3.28. The van der Waals surface area contributed by atoms with E-state index in [1.807, 2.05) is 16.8 Å². The quantitative estimate of drug-likeness (QED) is 0.518. The fourth-order valence-corrected chi connectivity index (χ4v) is 5.92. The number of amides is 1. The fourth-order valence-electron chi connectivity index (χ4n) is 3.61. The lowest BCUT2D eigenvalue weighted by Gasteiger charge is -2.34. The van der Waals surface area contributed by atoms with Gasteiger partial charge in [-0.3, -0.25) is 9.36 Å². The summed E-state index contributed by atoms with van der Waals surface area (Å²) in [7, 11) is -3.53. The zero-order chi connectivity index (χ0) is 22.7. The first-order valence-corrected chi connectivity index (χ1v) is 12.9. The summed E-state index contributed by atoms with van der Waals surface area (Å²) in [6, 6.07) is 14.6. The lowest BCUT2D eigenvalue weighted by atomic mass is 10.1. The molecule has 9 heteroatoms. The topological polar surface area (TPSA) is 75.5 Å². The van der Waals surface area contributed by atoms with Gasteiger partial charge in [0.25, 0.3) is 0 Å². The van der Waals surface area contributed by atoms with Gasteiger partial charge in [0.15, 0.2) is 5.16 Å². The normalized spacial score (nSPS) is 15.1. The highest BCUT2D eigenvalue weighted by Crippen LogP contribution is 2.23. The molecule has 0 N–H and O–H groups in total. The van der Waals surface area contributed by atoms with Gasteiger partial charge in [0.2, 0.25) is 15.9 Å². The Kier molecular flexibility index (Phi) is 6.68. The van der Waals surface area contributed by atoms with E-state index in [0.29, 0.717) is 26.2 Å². The van der Waals surface area contributed by atoms with Crippen molar-refractivity contribution in [2.24, 2.45) is 0 Å². The number of rotatable bonds is 6. The van der Waals surface area contributed by atoms with Crippen LogP contribution in [0.5, 0.6) is 0 Å². The van der Waals surface area contributed by atoms with Crippen molar-refractivity contribution in [1.82, 2.24) is 18.8 Å². The van der Waals surface area contributed by atoms with Gasteiger partial charge in [0.05, 0.1) is 10.6 Å². The molecule has 4 rings (SSSR count). The molecule has 0 unspecified atom stereocenters. The van der Waals surface area contributed by atoms with Crippen molar-refractivity contribution in [3.8, 4) is 5.69 Å². The van der Waals surface area contributed by atoms with Crippen molar-refractivity contribution >= 4 is 27.7 Å². The summed E-state index contributed by atoms with van der Waals surface area (Å²) in [4.78, 5) is 19.2. The van der Waals surface area contributed by atoms with Gasteiger partial charge in [-0.1, -0.05) is 36.0 Å². The monoisotopic (exact) mass is 470 g/mol. The number of piperazine rings is 1. The van der Waals surface area contributed by atoms with E-state index in [1.54, 1.807) is 41.4 Å². The zero-order valence-electron chi connectivity index (χ0n) is 18.1. The van der Waals surface area contributed by atoms with Gasteiger partial charge < -0.3 is 4.90 Å².